The highest BCUT2D eigenvalue weighted by molar-refractivity contribution is 7.21. The molecule has 0 saturated heterocycles. The summed E-state index contributed by atoms with van der Waals surface area (Å²) in [5, 5.41) is 10.2. The fourth-order valence-corrected chi connectivity index (χ4v) is 4.36. The van der Waals surface area contributed by atoms with Crippen LogP contribution in [0.3, 0.4) is 0 Å². The van der Waals surface area contributed by atoms with Crippen LogP contribution in [0.5, 0.6) is 0 Å². The van der Waals surface area contributed by atoms with Crippen LogP contribution in [0.1, 0.15) is 16.8 Å². The van der Waals surface area contributed by atoms with Gasteiger partial charge in [0.2, 0.25) is 0 Å². The van der Waals surface area contributed by atoms with Crippen LogP contribution in [0, 0.1) is 12.7 Å². The van der Waals surface area contributed by atoms with Crippen molar-refractivity contribution >= 4 is 44.2 Å². The predicted octanol–water partition coefficient (Wildman–Crippen LogP) is 4.65. The minimum atomic E-state index is -0.637. The number of aromatic nitrogens is 3. The minimum absolute atomic E-state index is 0.0279. The highest BCUT2D eigenvalue weighted by Gasteiger charge is 2.18. The lowest BCUT2D eigenvalue weighted by Crippen LogP contribution is -1.96. The second kappa shape index (κ2) is 7.09. The first kappa shape index (κ1) is 18.2. The molecule has 0 aliphatic rings. The number of benzene rings is 2. The highest BCUT2D eigenvalue weighted by atomic mass is 35.5. The fourth-order valence-electron chi connectivity index (χ4n) is 3.02. The first-order chi connectivity index (χ1) is 13.0. The molecular formula is C19H15ClFN3O2S. The maximum Gasteiger partial charge on any atom is 0.149 e. The number of fused-ring (bicyclic) bond motifs is 2. The van der Waals surface area contributed by atoms with Crippen LogP contribution in [0.2, 0.25) is 5.02 Å². The number of ether oxygens (including phenoxy) is 1. The third-order valence-electron chi connectivity index (χ3n) is 4.19. The van der Waals surface area contributed by atoms with Crippen LogP contribution in [0.25, 0.3) is 31.8 Å². The van der Waals surface area contributed by atoms with E-state index >= 15 is 0 Å². The molecular weight excluding hydrogens is 389 g/mol. The van der Waals surface area contributed by atoms with E-state index in [0.29, 0.717) is 27.3 Å². The molecule has 2 heterocycles. The molecule has 2 aromatic heterocycles. The Morgan fingerprint density at radius 2 is 2.04 bits per heavy atom. The number of rotatable bonds is 4. The molecule has 0 radical (unpaired) electrons. The summed E-state index contributed by atoms with van der Waals surface area (Å²) in [4.78, 5) is 13.7. The average molecular weight is 404 g/mol. The molecule has 0 amide bonds. The minimum Gasteiger partial charge on any atom is -0.391 e. The van der Waals surface area contributed by atoms with Gasteiger partial charge in [-0.05, 0) is 30.7 Å². The average Bonchev–Trinajstić information content (AvgIpc) is 3.05. The summed E-state index contributed by atoms with van der Waals surface area (Å²) in [5.74, 6) is -0.637. The first-order valence-corrected chi connectivity index (χ1v) is 9.35. The number of nitrogens with zero attached hydrogens (tertiary/aromatic N) is 3. The van der Waals surface area contributed by atoms with E-state index < -0.39 is 12.4 Å². The van der Waals surface area contributed by atoms with E-state index in [0.717, 1.165) is 22.3 Å². The Morgan fingerprint density at radius 1 is 1.22 bits per heavy atom. The summed E-state index contributed by atoms with van der Waals surface area (Å²) in [6.07, 6.45) is 1.67. The third-order valence-corrected chi connectivity index (χ3v) is 5.50. The molecule has 4 aromatic rings. The van der Waals surface area contributed by atoms with E-state index in [1.807, 2.05) is 19.1 Å². The van der Waals surface area contributed by atoms with Crippen molar-refractivity contribution in [2.24, 2.45) is 0 Å². The number of methoxy groups -OCH3 is 1. The first-order valence-electron chi connectivity index (χ1n) is 8.15. The van der Waals surface area contributed by atoms with Gasteiger partial charge in [-0.2, -0.15) is 0 Å². The maximum atomic E-state index is 14.2. The fraction of sp³-hybridized carbons (Fsp3) is 0.211. The van der Waals surface area contributed by atoms with Gasteiger partial charge in [-0.3, -0.25) is 4.98 Å². The number of hydrogen-bond acceptors (Lipinski definition) is 6. The zero-order valence-corrected chi connectivity index (χ0v) is 16.2. The molecule has 0 fully saturated rings. The Bertz CT molecular complexity index is 1180. The van der Waals surface area contributed by atoms with Crippen molar-refractivity contribution in [1.29, 1.82) is 0 Å². The number of aliphatic hydroxyl groups excluding tert-OH is 1. The standard InChI is InChI=1S/C19H15ClFN3O2S/c1-9-3-11(17-14(4-9)23-10(6-22-17)8-26-2)19-24-18-12(7-25)16(21)13(20)5-15(18)27-19/h3-6,25H,7-8H2,1-2H3. The van der Waals surface area contributed by atoms with E-state index in [9.17, 15) is 9.50 Å². The number of aliphatic hydroxyl groups is 1. The Morgan fingerprint density at radius 3 is 2.78 bits per heavy atom. The van der Waals surface area contributed by atoms with E-state index in [4.69, 9.17) is 16.3 Å². The summed E-state index contributed by atoms with van der Waals surface area (Å²) >= 11 is 7.33. The maximum absolute atomic E-state index is 14.2. The van der Waals surface area contributed by atoms with Crippen LogP contribution in [-0.2, 0) is 18.0 Å². The number of aryl methyl sites for hydroxylation is 1. The summed E-state index contributed by atoms with van der Waals surface area (Å²) in [7, 11) is 1.61. The summed E-state index contributed by atoms with van der Waals surface area (Å²) < 4.78 is 20.0. The van der Waals surface area contributed by atoms with Crippen molar-refractivity contribution in [1.82, 2.24) is 15.0 Å². The number of halogens is 2. The van der Waals surface area contributed by atoms with Crippen LogP contribution < -0.4 is 0 Å². The molecule has 2 aromatic carbocycles. The van der Waals surface area contributed by atoms with Crippen molar-refractivity contribution in [2.75, 3.05) is 7.11 Å². The normalized spacial score (nSPS) is 11.6. The predicted molar refractivity (Wildman–Crippen MR) is 104 cm³/mol. The van der Waals surface area contributed by atoms with Crippen LogP contribution >= 0.6 is 22.9 Å². The van der Waals surface area contributed by atoms with Gasteiger partial charge >= 0.3 is 0 Å². The molecule has 0 bridgehead atoms. The zero-order chi connectivity index (χ0) is 19.1. The Kier molecular flexibility index (Phi) is 4.77. The Balaban J connectivity index is 1.96. The van der Waals surface area contributed by atoms with E-state index in [1.54, 1.807) is 13.3 Å². The van der Waals surface area contributed by atoms with Crippen molar-refractivity contribution in [2.45, 2.75) is 20.1 Å². The Labute approximate surface area is 163 Å². The van der Waals surface area contributed by atoms with Crippen LogP contribution in [-0.4, -0.2) is 27.2 Å². The largest absolute Gasteiger partial charge is 0.391 e. The van der Waals surface area contributed by atoms with Gasteiger partial charge in [0, 0.05) is 18.2 Å². The number of thiazole rings is 1. The summed E-state index contributed by atoms with van der Waals surface area (Å²) in [6, 6.07) is 5.46. The smallest absolute Gasteiger partial charge is 0.149 e. The van der Waals surface area contributed by atoms with Crippen molar-refractivity contribution in [3.8, 4) is 10.6 Å². The molecule has 0 aliphatic heterocycles. The van der Waals surface area contributed by atoms with Crippen molar-refractivity contribution < 1.29 is 14.2 Å². The zero-order valence-electron chi connectivity index (χ0n) is 14.6. The molecule has 0 saturated carbocycles. The second-order valence-electron chi connectivity index (χ2n) is 6.15. The van der Waals surface area contributed by atoms with Gasteiger partial charge in [-0.15, -0.1) is 11.3 Å². The lowest BCUT2D eigenvalue weighted by atomic mass is 10.1. The van der Waals surface area contributed by atoms with Crippen LogP contribution in [0.15, 0.2) is 24.4 Å². The van der Waals surface area contributed by atoms with Gasteiger partial charge in [0.15, 0.2) is 0 Å². The van der Waals surface area contributed by atoms with Gasteiger partial charge in [0.25, 0.3) is 0 Å². The topological polar surface area (TPSA) is 68.1 Å². The summed E-state index contributed by atoms with van der Waals surface area (Å²) in [6.45, 7) is 1.88. The van der Waals surface area contributed by atoms with Crippen molar-refractivity contribution in [3.05, 3.63) is 52.1 Å². The second-order valence-corrected chi connectivity index (χ2v) is 7.59. The van der Waals surface area contributed by atoms with Gasteiger partial charge in [-0.1, -0.05) is 11.6 Å². The molecule has 0 aliphatic carbocycles. The highest BCUT2D eigenvalue weighted by Crippen LogP contribution is 2.38. The van der Waals surface area contributed by atoms with Gasteiger partial charge in [0.1, 0.15) is 10.8 Å². The van der Waals surface area contributed by atoms with Gasteiger partial charge in [0.05, 0.1) is 51.4 Å². The lowest BCUT2D eigenvalue weighted by molar-refractivity contribution is 0.181. The molecule has 1 N–H and O–H groups in total. The summed E-state index contributed by atoms with van der Waals surface area (Å²) in [5.41, 5.74) is 4.52. The van der Waals surface area contributed by atoms with Gasteiger partial charge < -0.3 is 9.84 Å². The van der Waals surface area contributed by atoms with E-state index in [1.165, 1.54) is 17.4 Å². The molecule has 138 valence electrons. The molecule has 8 heteroatoms. The Hall–Kier alpha value is -2.19. The lowest BCUT2D eigenvalue weighted by Gasteiger charge is -2.06. The quantitative estimate of drug-likeness (QED) is 0.537. The molecule has 0 unspecified atom stereocenters. The number of hydrogen-bond donors (Lipinski definition) is 1. The SMILES string of the molecule is COCc1cnc2c(-c3nc4c(CO)c(F)c(Cl)cc4s3)cc(C)cc2n1. The van der Waals surface area contributed by atoms with Crippen molar-refractivity contribution in [3.63, 3.8) is 0 Å². The van der Waals surface area contributed by atoms with E-state index in [2.05, 4.69) is 15.0 Å². The third kappa shape index (κ3) is 3.17. The van der Waals surface area contributed by atoms with Gasteiger partial charge in [-0.25, -0.2) is 14.4 Å². The monoisotopic (exact) mass is 403 g/mol. The van der Waals surface area contributed by atoms with E-state index in [-0.39, 0.29) is 10.6 Å². The molecule has 4 rings (SSSR count). The molecule has 27 heavy (non-hydrogen) atoms. The molecule has 0 atom stereocenters. The molecule has 0 spiro atoms. The van der Waals surface area contributed by atoms with Crippen LogP contribution in [0.4, 0.5) is 4.39 Å². The molecule has 5 nitrogen and oxygen atoms in total.